The number of fused-ring (bicyclic) bond motifs is 5. The lowest BCUT2D eigenvalue weighted by atomic mass is 9.82. The highest BCUT2D eigenvalue weighted by molar-refractivity contribution is 6.23. The van der Waals surface area contributed by atoms with Gasteiger partial charge in [0.1, 0.15) is 22.7 Å². The van der Waals surface area contributed by atoms with Crippen LogP contribution in [0.3, 0.4) is 0 Å². The smallest absolute Gasteiger partial charge is 0.136 e. The van der Waals surface area contributed by atoms with Gasteiger partial charge < -0.3 is 8.83 Å². The zero-order valence-electron chi connectivity index (χ0n) is 22.8. The third kappa shape index (κ3) is 3.49. The van der Waals surface area contributed by atoms with Crippen LogP contribution in [0.1, 0.15) is 26.3 Å². The number of para-hydroxylation sites is 2. The van der Waals surface area contributed by atoms with Crippen LogP contribution in [-0.2, 0) is 5.41 Å². The van der Waals surface area contributed by atoms with E-state index < -0.39 is 0 Å². The van der Waals surface area contributed by atoms with E-state index in [2.05, 4.69) is 112 Å². The van der Waals surface area contributed by atoms with Crippen molar-refractivity contribution in [2.45, 2.75) is 26.2 Å². The normalized spacial score (nSPS) is 12.4. The van der Waals surface area contributed by atoms with E-state index in [0.717, 1.165) is 60.7 Å². The first-order chi connectivity index (χ1) is 19.4. The van der Waals surface area contributed by atoms with Crippen LogP contribution in [0.5, 0.6) is 0 Å². The summed E-state index contributed by atoms with van der Waals surface area (Å²) in [6, 6.07) is 41.0. The number of rotatable bonds is 2. The first-order valence-corrected chi connectivity index (χ1v) is 13.8. The zero-order valence-corrected chi connectivity index (χ0v) is 22.8. The fourth-order valence-corrected chi connectivity index (χ4v) is 6.12. The van der Waals surface area contributed by atoms with Crippen molar-refractivity contribution in [3.63, 3.8) is 0 Å². The number of hydrogen-bond acceptors (Lipinski definition) is 2. The molecule has 0 aliphatic carbocycles. The average Bonchev–Trinajstić information content (AvgIpc) is 3.58. The molecule has 0 saturated heterocycles. The molecule has 8 aromatic rings. The van der Waals surface area contributed by atoms with Crippen LogP contribution in [0.25, 0.3) is 76.9 Å². The van der Waals surface area contributed by atoms with E-state index in [4.69, 9.17) is 8.83 Å². The van der Waals surface area contributed by atoms with Crippen molar-refractivity contribution in [1.29, 1.82) is 0 Å². The Bertz CT molecular complexity index is 2190. The molecule has 0 amide bonds. The van der Waals surface area contributed by atoms with Gasteiger partial charge in [0, 0.05) is 21.9 Å². The van der Waals surface area contributed by atoms with Gasteiger partial charge in [0.25, 0.3) is 0 Å². The molecule has 0 unspecified atom stereocenters. The summed E-state index contributed by atoms with van der Waals surface area (Å²) < 4.78 is 13.1. The minimum absolute atomic E-state index is 0.00277. The Kier molecular flexibility index (Phi) is 4.82. The van der Waals surface area contributed by atoms with Gasteiger partial charge in [0.15, 0.2) is 0 Å². The minimum atomic E-state index is -0.00277. The van der Waals surface area contributed by atoms with Crippen molar-refractivity contribution in [3.8, 4) is 22.6 Å². The largest absolute Gasteiger partial charge is 0.456 e. The molecule has 0 atom stereocenters. The standard InChI is InChI=1S/C38H28O2/c1-38(2,3)27-16-17-28-31(22-27)37(35-21-26-13-7-9-15-33(26)40-35)30-19-24-11-5-4-10-23(24)18-29(30)36(28)34-20-25-12-6-8-14-32(25)39-34/h4-22H,1-3H3. The van der Waals surface area contributed by atoms with Gasteiger partial charge in [-0.2, -0.15) is 0 Å². The van der Waals surface area contributed by atoms with Gasteiger partial charge in [0.2, 0.25) is 0 Å². The van der Waals surface area contributed by atoms with E-state index in [9.17, 15) is 0 Å². The molecule has 192 valence electrons. The molecule has 40 heavy (non-hydrogen) atoms. The highest BCUT2D eigenvalue weighted by Gasteiger charge is 2.24. The van der Waals surface area contributed by atoms with Crippen LogP contribution in [0.2, 0.25) is 0 Å². The molecule has 0 spiro atoms. The second-order valence-corrected chi connectivity index (χ2v) is 11.8. The molecule has 6 aromatic carbocycles. The van der Waals surface area contributed by atoms with Crippen LogP contribution in [0.4, 0.5) is 0 Å². The summed E-state index contributed by atoms with van der Waals surface area (Å²) in [6.45, 7) is 6.80. The molecule has 0 radical (unpaired) electrons. The first-order valence-electron chi connectivity index (χ1n) is 13.8. The number of benzene rings is 6. The summed E-state index contributed by atoms with van der Waals surface area (Å²) >= 11 is 0. The van der Waals surface area contributed by atoms with E-state index in [1.54, 1.807) is 0 Å². The predicted octanol–water partition coefficient (Wildman–Crippen LogP) is 11.3. The summed E-state index contributed by atoms with van der Waals surface area (Å²) in [4.78, 5) is 0. The van der Waals surface area contributed by atoms with Gasteiger partial charge >= 0.3 is 0 Å². The number of furan rings is 2. The second-order valence-electron chi connectivity index (χ2n) is 11.8. The van der Waals surface area contributed by atoms with E-state index in [-0.39, 0.29) is 5.41 Å². The second kappa shape index (κ2) is 8.34. The van der Waals surface area contributed by atoms with Crippen molar-refractivity contribution in [3.05, 3.63) is 121 Å². The van der Waals surface area contributed by atoms with Crippen LogP contribution < -0.4 is 0 Å². The lowest BCUT2D eigenvalue weighted by Gasteiger charge is -2.22. The highest BCUT2D eigenvalue weighted by Crippen LogP contribution is 2.47. The SMILES string of the molecule is CC(C)(C)c1ccc2c(-c3cc4ccccc4o3)c3cc4ccccc4cc3c(-c3cc4ccccc4o3)c2c1. The molecule has 0 N–H and O–H groups in total. The van der Waals surface area contributed by atoms with E-state index in [1.807, 2.05) is 24.3 Å². The molecule has 0 bridgehead atoms. The van der Waals surface area contributed by atoms with E-state index in [0.29, 0.717) is 0 Å². The summed E-state index contributed by atoms with van der Waals surface area (Å²) in [5, 5.41) is 9.26. The molecule has 2 heteroatoms. The quantitative estimate of drug-likeness (QED) is 0.214. The van der Waals surface area contributed by atoms with Crippen molar-refractivity contribution < 1.29 is 8.83 Å². The third-order valence-electron chi connectivity index (χ3n) is 8.19. The van der Waals surface area contributed by atoms with Crippen molar-refractivity contribution in [1.82, 2.24) is 0 Å². The molecule has 0 aliphatic rings. The molecular formula is C38H28O2. The summed E-state index contributed by atoms with van der Waals surface area (Å²) in [5.74, 6) is 1.76. The van der Waals surface area contributed by atoms with Gasteiger partial charge in [-0.1, -0.05) is 93.6 Å². The molecule has 8 rings (SSSR count). The minimum Gasteiger partial charge on any atom is -0.456 e. The maximum atomic E-state index is 6.58. The molecule has 2 aromatic heterocycles. The highest BCUT2D eigenvalue weighted by atomic mass is 16.3. The molecule has 0 saturated carbocycles. The van der Waals surface area contributed by atoms with Crippen molar-refractivity contribution >= 4 is 54.3 Å². The lowest BCUT2D eigenvalue weighted by Crippen LogP contribution is -2.10. The fraction of sp³-hybridized carbons (Fsp3) is 0.105. The van der Waals surface area contributed by atoms with Crippen LogP contribution >= 0.6 is 0 Å². The van der Waals surface area contributed by atoms with Gasteiger partial charge in [-0.25, -0.2) is 0 Å². The van der Waals surface area contributed by atoms with Crippen LogP contribution in [0.15, 0.2) is 124 Å². The van der Waals surface area contributed by atoms with Gasteiger partial charge in [-0.15, -0.1) is 0 Å². The predicted molar refractivity (Wildman–Crippen MR) is 168 cm³/mol. The molecular weight excluding hydrogens is 488 g/mol. The van der Waals surface area contributed by atoms with Gasteiger partial charge in [-0.05, 0) is 85.8 Å². The van der Waals surface area contributed by atoms with Crippen LogP contribution in [0, 0.1) is 0 Å². The molecule has 2 heterocycles. The first kappa shape index (κ1) is 23.1. The summed E-state index contributed by atoms with van der Waals surface area (Å²) in [5.41, 5.74) is 5.32. The van der Waals surface area contributed by atoms with Crippen molar-refractivity contribution in [2.24, 2.45) is 0 Å². The van der Waals surface area contributed by atoms with Gasteiger partial charge in [-0.3, -0.25) is 0 Å². The fourth-order valence-electron chi connectivity index (χ4n) is 6.12. The third-order valence-corrected chi connectivity index (χ3v) is 8.19. The number of hydrogen-bond donors (Lipinski definition) is 0. The Morgan fingerprint density at radius 1 is 0.425 bits per heavy atom. The zero-order chi connectivity index (χ0) is 27.0. The molecule has 0 fully saturated rings. The summed E-state index contributed by atoms with van der Waals surface area (Å²) in [6.07, 6.45) is 0. The van der Waals surface area contributed by atoms with Gasteiger partial charge in [0.05, 0.1) is 0 Å². The van der Waals surface area contributed by atoms with E-state index in [1.165, 1.54) is 21.7 Å². The molecule has 0 aliphatic heterocycles. The lowest BCUT2D eigenvalue weighted by molar-refractivity contribution is 0.591. The average molecular weight is 517 g/mol. The topological polar surface area (TPSA) is 26.3 Å². The Labute approximate surface area is 232 Å². The maximum absolute atomic E-state index is 6.58. The molecule has 2 nitrogen and oxygen atoms in total. The Morgan fingerprint density at radius 3 is 1.38 bits per heavy atom. The monoisotopic (exact) mass is 516 g/mol. The van der Waals surface area contributed by atoms with Crippen molar-refractivity contribution in [2.75, 3.05) is 0 Å². The Hall–Kier alpha value is -4.82. The Balaban J connectivity index is 1.60. The Morgan fingerprint density at radius 2 is 0.875 bits per heavy atom. The van der Waals surface area contributed by atoms with E-state index >= 15 is 0 Å². The van der Waals surface area contributed by atoms with Crippen LogP contribution in [-0.4, -0.2) is 0 Å². The summed E-state index contributed by atoms with van der Waals surface area (Å²) in [7, 11) is 0. The maximum Gasteiger partial charge on any atom is 0.136 e.